The number of benzene rings is 3. The van der Waals surface area contributed by atoms with E-state index >= 15 is 0 Å². The zero-order chi connectivity index (χ0) is 23.6. The van der Waals surface area contributed by atoms with E-state index in [0.29, 0.717) is 30.1 Å². The number of esters is 1. The van der Waals surface area contributed by atoms with Gasteiger partial charge in [-0.1, -0.05) is 22.0 Å². The molecule has 3 heterocycles. The average Bonchev–Trinajstić information content (AvgIpc) is 3.17. The number of rotatable bonds is 2. The average molecular weight is 523 g/mol. The minimum atomic E-state index is -0.650. The molecule has 0 saturated heterocycles. The van der Waals surface area contributed by atoms with E-state index in [-0.39, 0.29) is 12.0 Å². The maximum absolute atomic E-state index is 12.5. The van der Waals surface area contributed by atoms with Gasteiger partial charge in [0.2, 0.25) is 0 Å². The van der Waals surface area contributed by atoms with E-state index in [1.807, 2.05) is 32.0 Å². The second-order valence-electron chi connectivity index (χ2n) is 9.48. The highest BCUT2D eigenvalue weighted by atomic mass is 79.9. The maximum atomic E-state index is 12.5. The quantitative estimate of drug-likeness (QED) is 0.361. The van der Waals surface area contributed by atoms with Gasteiger partial charge in [0, 0.05) is 34.2 Å². The van der Waals surface area contributed by atoms with Crippen molar-refractivity contribution in [3.8, 4) is 23.0 Å². The summed E-state index contributed by atoms with van der Waals surface area (Å²) >= 11 is 3.37. The van der Waals surface area contributed by atoms with Crippen molar-refractivity contribution in [3.05, 3.63) is 81.3 Å². The molecule has 6 rings (SSSR count). The molecule has 6 nitrogen and oxygen atoms in total. The molecule has 0 amide bonds. The van der Waals surface area contributed by atoms with Crippen molar-refractivity contribution in [2.75, 3.05) is 6.61 Å². The number of ether oxygens (including phenoxy) is 4. The molecule has 174 valence electrons. The number of carbonyl (C=O) groups is 1. The van der Waals surface area contributed by atoms with Gasteiger partial charge in [-0.25, -0.2) is 4.79 Å². The molecule has 3 aliphatic rings. The first-order chi connectivity index (χ1) is 16.3. The summed E-state index contributed by atoms with van der Waals surface area (Å²) in [7, 11) is 0. The van der Waals surface area contributed by atoms with E-state index in [9.17, 15) is 9.90 Å². The van der Waals surface area contributed by atoms with Gasteiger partial charge in [0.25, 0.3) is 0 Å². The fourth-order valence-electron chi connectivity index (χ4n) is 4.79. The van der Waals surface area contributed by atoms with Crippen LogP contribution in [0.15, 0.2) is 59.1 Å². The Morgan fingerprint density at radius 1 is 1.03 bits per heavy atom. The third-order valence-corrected chi connectivity index (χ3v) is 7.33. The summed E-state index contributed by atoms with van der Waals surface area (Å²) in [5.41, 5.74) is 2.73. The lowest BCUT2D eigenvalue weighted by atomic mass is 9.85. The smallest absolute Gasteiger partial charge is 0.343 e. The molecule has 3 aromatic carbocycles. The summed E-state index contributed by atoms with van der Waals surface area (Å²) in [5, 5.41) is 10.5. The van der Waals surface area contributed by atoms with E-state index in [0.717, 1.165) is 32.7 Å². The van der Waals surface area contributed by atoms with Crippen LogP contribution in [0.5, 0.6) is 23.0 Å². The first-order valence-corrected chi connectivity index (χ1v) is 12.0. The van der Waals surface area contributed by atoms with Crippen molar-refractivity contribution in [1.29, 1.82) is 0 Å². The van der Waals surface area contributed by atoms with Crippen molar-refractivity contribution in [2.24, 2.45) is 0 Å². The highest BCUT2D eigenvalue weighted by Gasteiger charge is 2.43. The van der Waals surface area contributed by atoms with Gasteiger partial charge in [0.05, 0.1) is 24.2 Å². The molecule has 1 unspecified atom stereocenters. The zero-order valence-electron chi connectivity index (χ0n) is 18.7. The second-order valence-corrected chi connectivity index (χ2v) is 10.4. The first-order valence-electron chi connectivity index (χ1n) is 11.2. The number of aliphatic hydroxyl groups is 1. The van der Waals surface area contributed by atoms with E-state index in [2.05, 4.69) is 15.9 Å². The predicted molar refractivity (Wildman–Crippen MR) is 128 cm³/mol. The number of hydrogen-bond acceptors (Lipinski definition) is 6. The molecule has 1 N–H and O–H groups in total. The number of aliphatic hydroxyl groups excluding tert-OH is 1. The Kier molecular flexibility index (Phi) is 4.90. The monoisotopic (exact) mass is 522 g/mol. The fraction of sp³-hybridized carbons (Fsp3) is 0.296. The third kappa shape index (κ3) is 3.54. The summed E-state index contributed by atoms with van der Waals surface area (Å²) in [6.07, 6.45) is -0.299. The third-order valence-electron chi connectivity index (χ3n) is 6.80. The van der Waals surface area contributed by atoms with E-state index < -0.39 is 17.7 Å². The fourth-order valence-corrected chi connectivity index (χ4v) is 5.05. The topological polar surface area (TPSA) is 74.2 Å². The largest absolute Gasteiger partial charge is 0.492 e. The molecule has 34 heavy (non-hydrogen) atoms. The maximum Gasteiger partial charge on any atom is 0.343 e. The van der Waals surface area contributed by atoms with Gasteiger partial charge in [0.15, 0.2) is 0 Å². The van der Waals surface area contributed by atoms with Crippen LogP contribution in [0.4, 0.5) is 0 Å². The van der Waals surface area contributed by atoms with Crippen LogP contribution in [0.3, 0.4) is 0 Å². The molecule has 0 bridgehead atoms. The van der Waals surface area contributed by atoms with Crippen LogP contribution in [0, 0.1) is 0 Å². The Morgan fingerprint density at radius 3 is 2.62 bits per heavy atom. The summed E-state index contributed by atoms with van der Waals surface area (Å²) < 4.78 is 25.0. The Morgan fingerprint density at radius 2 is 1.82 bits per heavy atom. The molecule has 0 spiro atoms. The van der Waals surface area contributed by atoms with Crippen molar-refractivity contribution >= 4 is 21.9 Å². The highest BCUT2D eigenvalue weighted by Crippen LogP contribution is 2.53. The lowest BCUT2D eigenvalue weighted by Crippen LogP contribution is -2.46. The lowest BCUT2D eigenvalue weighted by Gasteiger charge is -2.38. The van der Waals surface area contributed by atoms with Crippen LogP contribution in [0.2, 0.25) is 0 Å². The first kappa shape index (κ1) is 21.5. The van der Waals surface area contributed by atoms with Crippen LogP contribution in [-0.2, 0) is 6.42 Å². The molecule has 3 aliphatic heterocycles. The summed E-state index contributed by atoms with van der Waals surface area (Å²) in [6, 6.07) is 16.4. The molecule has 0 aromatic heterocycles. The SMILES string of the molecule is CC1(C)Oc2cc3c(cc2CC1O)[C@@H]1Oc2cc(OC(=O)c4ccc(Br)cc4)ccc2[C@@H]1CO3. The van der Waals surface area contributed by atoms with Gasteiger partial charge in [-0.15, -0.1) is 0 Å². The minimum absolute atomic E-state index is 0.0302. The number of halogens is 1. The van der Waals surface area contributed by atoms with E-state index in [4.69, 9.17) is 18.9 Å². The molecular formula is C27H23BrO6. The molecular weight excluding hydrogens is 500 g/mol. The zero-order valence-corrected chi connectivity index (χ0v) is 20.3. The minimum Gasteiger partial charge on any atom is -0.492 e. The molecule has 0 aliphatic carbocycles. The molecule has 0 saturated carbocycles. The molecule has 3 aromatic rings. The molecule has 7 heteroatoms. The van der Waals surface area contributed by atoms with Crippen LogP contribution in [0.1, 0.15) is 52.9 Å². The van der Waals surface area contributed by atoms with Crippen LogP contribution >= 0.6 is 15.9 Å². The van der Waals surface area contributed by atoms with Crippen molar-refractivity contribution in [1.82, 2.24) is 0 Å². The van der Waals surface area contributed by atoms with E-state index in [1.54, 1.807) is 36.4 Å². The highest BCUT2D eigenvalue weighted by molar-refractivity contribution is 9.10. The molecule has 0 fully saturated rings. The van der Waals surface area contributed by atoms with Crippen molar-refractivity contribution in [2.45, 2.75) is 44.0 Å². The van der Waals surface area contributed by atoms with Gasteiger partial charge in [-0.3, -0.25) is 0 Å². The number of carbonyl (C=O) groups excluding carboxylic acids is 1. The normalized spacial score (nSPS) is 23.2. The van der Waals surface area contributed by atoms with Crippen LogP contribution < -0.4 is 18.9 Å². The van der Waals surface area contributed by atoms with Gasteiger partial charge in [0.1, 0.15) is 34.7 Å². The molecule has 3 atom stereocenters. The van der Waals surface area contributed by atoms with Crippen LogP contribution in [0.25, 0.3) is 0 Å². The van der Waals surface area contributed by atoms with Crippen molar-refractivity contribution < 1.29 is 28.8 Å². The predicted octanol–water partition coefficient (Wildman–Crippen LogP) is 5.35. The van der Waals surface area contributed by atoms with Gasteiger partial charge in [-0.05, 0) is 55.8 Å². The van der Waals surface area contributed by atoms with E-state index in [1.165, 1.54) is 0 Å². The number of hydrogen-bond donors (Lipinski definition) is 1. The van der Waals surface area contributed by atoms with Crippen molar-refractivity contribution in [3.63, 3.8) is 0 Å². The Balaban J connectivity index is 1.26. The Bertz CT molecular complexity index is 1300. The molecule has 0 radical (unpaired) electrons. The second kappa shape index (κ2) is 7.75. The van der Waals surface area contributed by atoms with Gasteiger partial charge < -0.3 is 24.1 Å². The lowest BCUT2D eigenvalue weighted by molar-refractivity contribution is -0.0415. The Hall–Kier alpha value is -3.03. The van der Waals surface area contributed by atoms with Gasteiger partial charge >= 0.3 is 5.97 Å². The summed E-state index contributed by atoms with van der Waals surface area (Å²) in [5.74, 6) is 2.19. The van der Waals surface area contributed by atoms with Crippen LogP contribution in [-0.4, -0.2) is 29.4 Å². The summed E-state index contributed by atoms with van der Waals surface area (Å²) in [4.78, 5) is 12.5. The summed E-state index contributed by atoms with van der Waals surface area (Å²) in [6.45, 7) is 4.25. The standard InChI is InChI=1S/C27H23BrO6/c1-27(2)24(29)10-15-9-19-22(12-21(15)34-27)31-13-20-18-8-7-17(11-23(18)33-25(19)20)32-26(30)14-3-5-16(28)6-4-14/h3-9,11-12,20,24-25,29H,10,13H2,1-2H3/t20-,24?,25-/m0/s1. The van der Waals surface area contributed by atoms with Gasteiger partial charge in [-0.2, -0.15) is 0 Å². The Labute approximate surface area is 205 Å². The number of fused-ring (bicyclic) bond motifs is 6.